The van der Waals surface area contributed by atoms with Crippen LogP contribution in [-0.4, -0.2) is 30.4 Å². The second kappa shape index (κ2) is 6.90. The molecule has 5 heteroatoms. The van der Waals surface area contributed by atoms with Crippen LogP contribution in [0.3, 0.4) is 0 Å². The summed E-state index contributed by atoms with van der Waals surface area (Å²) in [6.07, 6.45) is 3.99. The average Bonchev–Trinajstić information content (AvgIpc) is 2.74. The molecule has 0 fully saturated rings. The van der Waals surface area contributed by atoms with Gasteiger partial charge in [-0.25, -0.2) is 4.79 Å². The Kier molecular flexibility index (Phi) is 5.16. The van der Waals surface area contributed by atoms with Crippen LogP contribution < -0.4 is 0 Å². The molecule has 0 unspecified atom stereocenters. The molecule has 1 heterocycles. The van der Waals surface area contributed by atoms with Gasteiger partial charge >= 0.3 is 11.9 Å². The molecular formula is C17H22O5. The summed E-state index contributed by atoms with van der Waals surface area (Å²) in [5.41, 5.74) is 2.44. The van der Waals surface area contributed by atoms with E-state index in [1.54, 1.807) is 0 Å². The molecule has 1 aliphatic carbocycles. The molecule has 0 aromatic heterocycles. The Labute approximate surface area is 130 Å². The van der Waals surface area contributed by atoms with Gasteiger partial charge in [-0.05, 0) is 31.8 Å². The van der Waals surface area contributed by atoms with E-state index in [9.17, 15) is 14.4 Å². The van der Waals surface area contributed by atoms with Gasteiger partial charge in [0.25, 0.3) is 0 Å². The molecule has 2 aliphatic rings. The lowest BCUT2D eigenvalue weighted by Crippen LogP contribution is -2.21. The highest BCUT2D eigenvalue weighted by molar-refractivity contribution is 5.93. The molecule has 2 atom stereocenters. The van der Waals surface area contributed by atoms with Crippen molar-refractivity contribution in [1.29, 1.82) is 0 Å². The van der Waals surface area contributed by atoms with Crippen LogP contribution in [0.1, 0.15) is 46.5 Å². The third-order valence-corrected chi connectivity index (χ3v) is 4.25. The maximum Gasteiger partial charge on any atom is 0.338 e. The van der Waals surface area contributed by atoms with Gasteiger partial charge in [0.1, 0.15) is 18.5 Å². The van der Waals surface area contributed by atoms with Crippen LogP contribution in [0, 0.1) is 5.92 Å². The molecule has 22 heavy (non-hydrogen) atoms. The fourth-order valence-electron chi connectivity index (χ4n) is 2.79. The molecule has 0 spiro atoms. The van der Waals surface area contributed by atoms with Gasteiger partial charge < -0.3 is 9.47 Å². The molecule has 0 saturated heterocycles. The molecule has 0 amide bonds. The molecule has 0 aromatic rings. The summed E-state index contributed by atoms with van der Waals surface area (Å²) in [7, 11) is 0. The van der Waals surface area contributed by atoms with Crippen molar-refractivity contribution in [3.63, 3.8) is 0 Å². The number of rotatable bonds is 2. The number of carbonyl (C=O) groups is 3. The summed E-state index contributed by atoms with van der Waals surface area (Å²) in [6.45, 7) is 5.11. The first-order valence-corrected chi connectivity index (χ1v) is 7.63. The molecule has 5 nitrogen and oxygen atoms in total. The van der Waals surface area contributed by atoms with Crippen LogP contribution in [0.25, 0.3) is 0 Å². The van der Waals surface area contributed by atoms with Crippen molar-refractivity contribution in [3.8, 4) is 0 Å². The van der Waals surface area contributed by atoms with E-state index in [2.05, 4.69) is 0 Å². The lowest BCUT2D eigenvalue weighted by Gasteiger charge is -2.19. The summed E-state index contributed by atoms with van der Waals surface area (Å²) in [6, 6.07) is 0. The normalized spacial score (nSPS) is 28.6. The van der Waals surface area contributed by atoms with Gasteiger partial charge in [-0.15, -0.1) is 0 Å². The van der Waals surface area contributed by atoms with Gasteiger partial charge in [-0.3, -0.25) is 9.59 Å². The number of allylic oxidation sites excluding steroid dienone is 2. The fourth-order valence-corrected chi connectivity index (χ4v) is 2.79. The fraction of sp³-hybridized carbons (Fsp3) is 0.588. The zero-order chi connectivity index (χ0) is 16.3. The molecule has 0 N–H and O–H groups in total. The third-order valence-electron chi connectivity index (χ3n) is 4.25. The van der Waals surface area contributed by atoms with Crippen molar-refractivity contribution in [3.05, 3.63) is 22.8 Å². The summed E-state index contributed by atoms with van der Waals surface area (Å²) < 4.78 is 10.4. The topological polar surface area (TPSA) is 69.7 Å². The second-order valence-corrected chi connectivity index (χ2v) is 6.04. The first kappa shape index (κ1) is 16.5. The number of ketones is 1. The molecule has 2 rings (SSSR count). The van der Waals surface area contributed by atoms with Crippen molar-refractivity contribution in [2.45, 2.75) is 52.6 Å². The second-order valence-electron chi connectivity index (χ2n) is 6.04. The van der Waals surface area contributed by atoms with E-state index in [-0.39, 0.29) is 24.4 Å². The summed E-state index contributed by atoms with van der Waals surface area (Å²) in [5, 5.41) is 0. The number of esters is 2. The molecule has 0 aromatic carbocycles. The molecule has 0 bridgehead atoms. The van der Waals surface area contributed by atoms with Gasteiger partial charge in [0.15, 0.2) is 0 Å². The minimum absolute atomic E-state index is 0.0505. The van der Waals surface area contributed by atoms with Crippen LogP contribution in [0.15, 0.2) is 22.8 Å². The highest BCUT2D eigenvalue weighted by Crippen LogP contribution is 2.33. The Morgan fingerprint density at radius 1 is 1.36 bits per heavy atom. The lowest BCUT2D eigenvalue weighted by molar-refractivity contribution is -0.143. The molecular weight excluding hydrogens is 284 g/mol. The number of fused-ring (bicyclic) bond motifs is 1. The van der Waals surface area contributed by atoms with Crippen molar-refractivity contribution in [2.24, 2.45) is 5.92 Å². The Morgan fingerprint density at radius 3 is 2.77 bits per heavy atom. The molecule has 0 saturated carbocycles. The highest BCUT2D eigenvalue weighted by atomic mass is 16.6. The van der Waals surface area contributed by atoms with Crippen LogP contribution >= 0.6 is 0 Å². The van der Waals surface area contributed by atoms with Gasteiger partial charge in [0.05, 0.1) is 5.57 Å². The maximum atomic E-state index is 12.1. The Hall–Kier alpha value is -1.91. The summed E-state index contributed by atoms with van der Waals surface area (Å²) >= 11 is 0. The Balaban J connectivity index is 2.28. The minimum Gasteiger partial charge on any atom is -0.461 e. The van der Waals surface area contributed by atoms with E-state index in [1.165, 1.54) is 6.92 Å². The lowest BCUT2D eigenvalue weighted by atomic mass is 9.88. The predicted molar refractivity (Wildman–Crippen MR) is 79.9 cm³/mol. The van der Waals surface area contributed by atoms with Crippen molar-refractivity contribution in [1.82, 2.24) is 0 Å². The Morgan fingerprint density at radius 2 is 2.09 bits per heavy atom. The first-order valence-electron chi connectivity index (χ1n) is 7.63. The van der Waals surface area contributed by atoms with E-state index in [1.807, 2.05) is 19.9 Å². The number of carbonyl (C=O) groups excluding carboxylic acids is 3. The van der Waals surface area contributed by atoms with E-state index in [0.29, 0.717) is 24.8 Å². The number of Topliss-reactive ketones (excluding diaryl/α,β-unsaturated/α-hetero) is 1. The van der Waals surface area contributed by atoms with Crippen molar-refractivity contribution < 1.29 is 23.9 Å². The van der Waals surface area contributed by atoms with E-state index >= 15 is 0 Å². The van der Waals surface area contributed by atoms with Crippen LogP contribution in [-0.2, 0) is 23.9 Å². The monoisotopic (exact) mass is 306 g/mol. The predicted octanol–water partition coefficient (Wildman–Crippen LogP) is 2.50. The third kappa shape index (κ3) is 3.84. The molecule has 120 valence electrons. The zero-order valence-corrected chi connectivity index (χ0v) is 13.3. The van der Waals surface area contributed by atoms with Gasteiger partial charge in [-0.1, -0.05) is 18.6 Å². The van der Waals surface area contributed by atoms with E-state index in [4.69, 9.17) is 9.47 Å². The van der Waals surface area contributed by atoms with Gasteiger partial charge in [-0.2, -0.15) is 0 Å². The highest BCUT2D eigenvalue weighted by Gasteiger charge is 2.36. The van der Waals surface area contributed by atoms with E-state index < -0.39 is 11.9 Å². The largest absolute Gasteiger partial charge is 0.461 e. The number of hydrogen-bond acceptors (Lipinski definition) is 5. The van der Waals surface area contributed by atoms with Gasteiger partial charge in [0.2, 0.25) is 0 Å². The van der Waals surface area contributed by atoms with Crippen molar-refractivity contribution in [2.75, 3.05) is 6.61 Å². The maximum absolute atomic E-state index is 12.1. The smallest absolute Gasteiger partial charge is 0.338 e. The number of ether oxygens (including phenoxy) is 2. The number of hydrogen-bond donors (Lipinski definition) is 0. The summed E-state index contributed by atoms with van der Waals surface area (Å²) in [4.78, 5) is 35.1. The van der Waals surface area contributed by atoms with Crippen molar-refractivity contribution >= 4 is 17.7 Å². The minimum atomic E-state index is -0.429. The van der Waals surface area contributed by atoms with Gasteiger partial charge in [0, 0.05) is 19.3 Å². The Bertz CT molecular complexity index is 555. The SMILES string of the molecule is CC(=O)OCC1=C2CC/C(C)=C/CC(=O)[C@@H](C)C[C@H]2OC1=O. The van der Waals surface area contributed by atoms with Crippen LogP contribution in [0.2, 0.25) is 0 Å². The van der Waals surface area contributed by atoms with Crippen LogP contribution in [0.4, 0.5) is 0 Å². The standard InChI is InChI=1S/C17H22O5/c1-10-4-6-13-14(9-21-12(3)18)17(20)22-16(13)8-11(2)15(19)7-5-10/h5,11,16H,4,6-9H2,1-3H3/b10-5+/t11-,16+/m0/s1. The molecule has 1 aliphatic heterocycles. The van der Waals surface area contributed by atoms with E-state index in [0.717, 1.165) is 17.6 Å². The first-order chi connectivity index (χ1) is 10.4. The quantitative estimate of drug-likeness (QED) is 0.579. The summed E-state index contributed by atoms with van der Waals surface area (Å²) in [5.74, 6) is -0.862. The molecule has 0 radical (unpaired) electrons. The average molecular weight is 306 g/mol. The van der Waals surface area contributed by atoms with Crippen LogP contribution in [0.5, 0.6) is 0 Å². The zero-order valence-electron chi connectivity index (χ0n) is 13.3.